The van der Waals surface area contributed by atoms with E-state index in [2.05, 4.69) is 19.2 Å². The SMILES string of the molecule is CC(=O)N1CCN(c2ccc(C(=O)N[C@@H](CC(C)C)c3ccccc3)cc2[N+](=O)[O-])CC1. The third kappa shape index (κ3) is 5.63. The van der Waals surface area contributed by atoms with Gasteiger partial charge < -0.3 is 15.1 Å². The highest BCUT2D eigenvalue weighted by atomic mass is 16.6. The van der Waals surface area contributed by atoms with Gasteiger partial charge in [0.05, 0.1) is 11.0 Å². The number of nitrogens with zero attached hydrogens (tertiary/aromatic N) is 3. The number of carbonyl (C=O) groups is 2. The van der Waals surface area contributed by atoms with Crippen LogP contribution in [0.25, 0.3) is 0 Å². The van der Waals surface area contributed by atoms with Crippen LogP contribution in [-0.2, 0) is 4.79 Å². The van der Waals surface area contributed by atoms with E-state index in [1.807, 2.05) is 35.2 Å². The molecule has 170 valence electrons. The average Bonchev–Trinajstić information content (AvgIpc) is 2.78. The lowest BCUT2D eigenvalue weighted by Crippen LogP contribution is -2.48. The molecular formula is C24H30N4O4. The molecule has 0 aromatic heterocycles. The molecule has 3 rings (SSSR count). The molecule has 0 bridgehead atoms. The maximum Gasteiger partial charge on any atom is 0.293 e. The fraction of sp³-hybridized carbons (Fsp3) is 0.417. The van der Waals surface area contributed by atoms with Crippen molar-refractivity contribution in [3.05, 3.63) is 69.8 Å². The van der Waals surface area contributed by atoms with Crippen LogP contribution in [0.3, 0.4) is 0 Å². The minimum atomic E-state index is -0.452. The minimum Gasteiger partial charge on any atom is -0.362 e. The lowest BCUT2D eigenvalue weighted by atomic mass is 9.96. The number of hydrogen-bond acceptors (Lipinski definition) is 5. The van der Waals surface area contributed by atoms with Gasteiger partial charge in [0.25, 0.3) is 11.6 Å². The number of benzene rings is 2. The molecule has 0 unspecified atom stereocenters. The van der Waals surface area contributed by atoms with Crippen LogP contribution < -0.4 is 10.2 Å². The van der Waals surface area contributed by atoms with E-state index in [0.29, 0.717) is 37.8 Å². The Hall–Kier alpha value is -3.42. The largest absolute Gasteiger partial charge is 0.362 e. The summed E-state index contributed by atoms with van der Waals surface area (Å²) in [6, 6.07) is 14.2. The van der Waals surface area contributed by atoms with E-state index in [9.17, 15) is 19.7 Å². The first-order valence-corrected chi connectivity index (χ1v) is 10.9. The summed E-state index contributed by atoms with van der Waals surface area (Å²) in [5.41, 5.74) is 1.63. The first-order chi connectivity index (χ1) is 15.3. The van der Waals surface area contributed by atoms with Crippen LogP contribution in [0.15, 0.2) is 48.5 Å². The zero-order valence-electron chi connectivity index (χ0n) is 18.8. The zero-order valence-corrected chi connectivity index (χ0v) is 18.8. The van der Waals surface area contributed by atoms with Gasteiger partial charge in [-0.15, -0.1) is 0 Å². The molecule has 32 heavy (non-hydrogen) atoms. The van der Waals surface area contributed by atoms with Crippen molar-refractivity contribution < 1.29 is 14.5 Å². The van der Waals surface area contributed by atoms with Crippen molar-refractivity contribution in [2.24, 2.45) is 5.92 Å². The van der Waals surface area contributed by atoms with Crippen molar-refractivity contribution in [3.63, 3.8) is 0 Å². The Kier molecular flexibility index (Phi) is 7.45. The van der Waals surface area contributed by atoms with Gasteiger partial charge in [-0.2, -0.15) is 0 Å². The van der Waals surface area contributed by atoms with Crippen molar-refractivity contribution >= 4 is 23.2 Å². The van der Waals surface area contributed by atoms with Gasteiger partial charge >= 0.3 is 0 Å². The summed E-state index contributed by atoms with van der Waals surface area (Å²) in [5, 5.41) is 14.8. The summed E-state index contributed by atoms with van der Waals surface area (Å²) >= 11 is 0. The third-order valence-corrected chi connectivity index (χ3v) is 5.71. The summed E-state index contributed by atoms with van der Waals surface area (Å²) in [4.78, 5) is 39.5. The van der Waals surface area contributed by atoms with Crippen LogP contribution in [0.1, 0.15) is 49.2 Å². The van der Waals surface area contributed by atoms with Crippen molar-refractivity contribution in [2.75, 3.05) is 31.1 Å². The van der Waals surface area contributed by atoms with E-state index < -0.39 is 4.92 Å². The molecule has 8 nitrogen and oxygen atoms in total. The molecule has 0 radical (unpaired) electrons. The standard InChI is InChI=1S/C24H30N4O4/c1-17(2)15-21(19-7-5-4-6-8-19)25-24(30)20-9-10-22(23(16-20)28(31)32)27-13-11-26(12-14-27)18(3)29/h4-10,16-17,21H,11-15H2,1-3H3,(H,25,30)/t21-/m0/s1. The molecule has 0 saturated carbocycles. The Labute approximate surface area is 188 Å². The van der Waals surface area contributed by atoms with Gasteiger partial charge in [-0.05, 0) is 30.0 Å². The maximum atomic E-state index is 13.0. The van der Waals surface area contributed by atoms with Gasteiger partial charge in [0, 0.05) is 44.7 Å². The van der Waals surface area contributed by atoms with E-state index in [0.717, 1.165) is 12.0 Å². The summed E-state index contributed by atoms with van der Waals surface area (Å²) in [6.45, 7) is 7.76. The van der Waals surface area contributed by atoms with Crippen LogP contribution >= 0.6 is 0 Å². The molecule has 2 aromatic rings. The predicted molar refractivity (Wildman–Crippen MR) is 124 cm³/mol. The molecule has 0 aliphatic carbocycles. The van der Waals surface area contributed by atoms with Crippen LogP contribution in [0.2, 0.25) is 0 Å². The number of amides is 2. The normalized spacial score (nSPS) is 14.9. The van der Waals surface area contributed by atoms with E-state index in [4.69, 9.17) is 0 Å². The molecule has 1 saturated heterocycles. The summed E-state index contributed by atoms with van der Waals surface area (Å²) in [6.07, 6.45) is 0.760. The van der Waals surface area contributed by atoms with Crippen molar-refractivity contribution in [2.45, 2.75) is 33.2 Å². The Balaban J connectivity index is 1.80. The van der Waals surface area contributed by atoms with E-state index in [1.165, 1.54) is 13.0 Å². The minimum absolute atomic E-state index is 0.000497. The number of anilines is 1. The highest BCUT2D eigenvalue weighted by Gasteiger charge is 2.26. The highest BCUT2D eigenvalue weighted by molar-refractivity contribution is 5.96. The summed E-state index contributed by atoms with van der Waals surface area (Å²) in [7, 11) is 0. The highest BCUT2D eigenvalue weighted by Crippen LogP contribution is 2.31. The van der Waals surface area contributed by atoms with Crippen molar-refractivity contribution in [3.8, 4) is 0 Å². The number of nitro groups is 1. The predicted octanol–water partition coefficient (Wildman–Crippen LogP) is 3.78. The summed E-state index contributed by atoms with van der Waals surface area (Å²) in [5.74, 6) is 0.0296. The molecule has 2 amide bonds. The Morgan fingerprint density at radius 3 is 2.28 bits per heavy atom. The van der Waals surface area contributed by atoms with E-state index in [1.54, 1.807) is 17.0 Å². The van der Waals surface area contributed by atoms with Gasteiger partial charge in [0.2, 0.25) is 5.91 Å². The number of piperazine rings is 1. The van der Waals surface area contributed by atoms with Crippen LogP contribution in [0.4, 0.5) is 11.4 Å². The summed E-state index contributed by atoms with van der Waals surface area (Å²) < 4.78 is 0. The van der Waals surface area contributed by atoms with Gasteiger partial charge in [-0.1, -0.05) is 44.2 Å². The number of rotatable bonds is 7. The molecule has 0 spiro atoms. The Morgan fingerprint density at radius 2 is 1.72 bits per heavy atom. The van der Waals surface area contributed by atoms with Gasteiger partial charge in [-0.25, -0.2) is 0 Å². The molecular weight excluding hydrogens is 408 g/mol. The topological polar surface area (TPSA) is 95.8 Å². The Bertz CT molecular complexity index is 969. The van der Waals surface area contributed by atoms with E-state index in [-0.39, 0.29) is 29.1 Å². The van der Waals surface area contributed by atoms with E-state index >= 15 is 0 Å². The monoisotopic (exact) mass is 438 g/mol. The number of nitro benzene ring substituents is 1. The van der Waals surface area contributed by atoms with Crippen molar-refractivity contribution in [1.82, 2.24) is 10.2 Å². The fourth-order valence-electron chi connectivity index (χ4n) is 4.02. The molecule has 2 aromatic carbocycles. The molecule has 1 atom stereocenters. The Morgan fingerprint density at radius 1 is 1.06 bits per heavy atom. The quantitative estimate of drug-likeness (QED) is 0.524. The van der Waals surface area contributed by atoms with Gasteiger partial charge in [0.15, 0.2) is 0 Å². The van der Waals surface area contributed by atoms with Crippen LogP contribution in [0, 0.1) is 16.0 Å². The smallest absolute Gasteiger partial charge is 0.293 e. The first-order valence-electron chi connectivity index (χ1n) is 10.9. The average molecular weight is 439 g/mol. The second kappa shape index (κ2) is 10.3. The van der Waals surface area contributed by atoms with Crippen LogP contribution in [-0.4, -0.2) is 47.8 Å². The number of hydrogen-bond donors (Lipinski definition) is 1. The number of carbonyl (C=O) groups excluding carboxylic acids is 2. The molecule has 1 aliphatic rings. The molecule has 1 N–H and O–H groups in total. The van der Waals surface area contributed by atoms with Crippen molar-refractivity contribution in [1.29, 1.82) is 0 Å². The second-order valence-corrected chi connectivity index (χ2v) is 8.52. The van der Waals surface area contributed by atoms with Crippen LogP contribution in [0.5, 0.6) is 0 Å². The van der Waals surface area contributed by atoms with Gasteiger partial charge in [0.1, 0.15) is 5.69 Å². The maximum absolute atomic E-state index is 13.0. The molecule has 1 heterocycles. The lowest BCUT2D eigenvalue weighted by molar-refractivity contribution is -0.384. The zero-order chi connectivity index (χ0) is 23.3. The second-order valence-electron chi connectivity index (χ2n) is 8.52. The van der Waals surface area contributed by atoms with Gasteiger partial charge in [-0.3, -0.25) is 19.7 Å². The third-order valence-electron chi connectivity index (χ3n) is 5.71. The molecule has 8 heteroatoms. The molecule has 1 fully saturated rings. The first kappa shape index (κ1) is 23.2. The molecule has 1 aliphatic heterocycles. The fourth-order valence-corrected chi connectivity index (χ4v) is 4.02. The lowest BCUT2D eigenvalue weighted by Gasteiger charge is -2.35. The number of nitrogens with one attached hydrogen (secondary N) is 1.